The Morgan fingerprint density at radius 1 is 0.886 bits per heavy atom. The summed E-state index contributed by atoms with van der Waals surface area (Å²) in [5.74, 6) is -0.0236. The van der Waals surface area contributed by atoms with Crippen LogP contribution in [0.2, 0.25) is 0 Å². The summed E-state index contributed by atoms with van der Waals surface area (Å²) in [6.07, 6.45) is 3.83. The molecule has 0 spiro atoms. The van der Waals surface area contributed by atoms with Gasteiger partial charge >= 0.3 is 0 Å². The highest BCUT2D eigenvalue weighted by atomic mass is 32.2. The molecule has 0 bridgehead atoms. The van der Waals surface area contributed by atoms with E-state index in [-0.39, 0.29) is 17.4 Å². The second kappa shape index (κ2) is 11.8. The number of Topliss-reactive ketones (excluding diaryl/α,β-unsaturated/α-hetero) is 2. The fourth-order valence-corrected chi connectivity index (χ4v) is 6.00. The normalized spacial score (nSPS) is 15.6. The summed E-state index contributed by atoms with van der Waals surface area (Å²) in [7, 11) is 0. The molecule has 1 saturated heterocycles. The van der Waals surface area contributed by atoms with Crippen molar-refractivity contribution in [3.63, 3.8) is 0 Å². The first-order valence-electron chi connectivity index (χ1n) is 12.3. The van der Waals surface area contributed by atoms with Crippen molar-refractivity contribution in [3.05, 3.63) is 95.8 Å². The molecule has 5 heteroatoms. The number of carbonyl (C=O) groups excluding carboxylic acids is 2. The molecule has 1 aliphatic heterocycles. The molecule has 182 valence electrons. The van der Waals surface area contributed by atoms with Crippen molar-refractivity contribution in [2.75, 3.05) is 19.6 Å². The third-order valence-corrected chi connectivity index (χ3v) is 8.14. The lowest BCUT2D eigenvalue weighted by Gasteiger charge is -2.41. The number of nitrogens with zero attached hydrogens (tertiary/aromatic N) is 1. The van der Waals surface area contributed by atoms with Gasteiger partial charge in [-0.2, -0.15) is 0 Å². The number of piperidine rings is 1. The molecule has 0 saturated carbocycles. The fraction of sp³-hybridized carbons (Fsp3) is 0.333. The standard InChI is InChI=1S/C30H32FNO2S/c1-23(33)30(27-11-5-6-13-29(27)35-26-9-3-2-4-10-26)18-21-32(22-19-30)20-8-7-12-28(34)24-14-16-25(31)17-15-24/h2-6,9-11,13-17H,7-8,12,18-22H2,1H3. The number of halogens is 1. The molecule has 0 atom stereocenters. The van der Waals surface area contributed by atoms with E-state index in [1.807, 2.05) is 30.3 Å². The van der Waals surface area contributed by atoms with Gasteiger partial charge in [0.2, 0.25) is 0 Å². The summed E-state index contributed by atoms with van der Waals surface area (Å²) in [5.41, 5.74) is 1.27. The number of hydrogen-bond donors (Lipinski definition) is 0. The first kappa shape index (κ1) is 25.3. The van der Waals surface area contributed by atoms with Gasteiger partial charge in [0.05, 0.1) is 5.41 Å². The lowest BCUT2D eigenvalue weighted by molar-refractivity contribution is -0.124. The maximum Gasteiger partial charge on any atom is 0.162 e. The van der Waals surface area contributed by atoms with Gasteiger partial charge in [0.15, 0.2) is 5.78 Å². The predicted molar refractivity (Wildman–Crippen MR) is 140 cm³/mol. The Morgan fingerprint density at radius 3 is 2.23 bits per heavy atom. The van der Waals surface area contributed by atoms with Crippen LogP contribution >= 0.6 is 11.8 Å². The molecular formula is C30H32FNO2S. The van der Waals surface area contributed by atoms with Gasteiger partial charge in [0, 0.05) is 21.8 Å². The Kier molecular flexibility index (Phi) is 8.53. The van der Waals surface area contributed by atoms with E-state index >= 15 is 0 Å². The van der Waals surface area contributed by atoms with Gasteiger partial charge < -0.3 is 4.90 Å². The number of hydrogen-bond acceptors (Lipinski definition) is 4. The van der Waals surface area contributed by atoms with Gasteiger partial charge in [-0.15, -0.1) is 0 Å². The Balaban J connectivity index is 1.34. The van der Waals surface area contributed by atoms with Gasteiger partial charge in [-0.05, 0) is 100 Å². The Labute approximate surface area is 211 Å². The van der Waals surface area contributed by atoms with Crippen LogP contribution in [0.5, 0.6) is 0 Å². The summed E-state index contributed by atoms with van der Waals surface area (Å²) in [5, 5.41) is 0. The largest absolute Gasteiger partial charge is 0.303 e. The van der Waals surface area contributed by atoms with Crippen LogP contribution < -0.4 is 0 Å². The molecule has 1 fully saturated rings. The minimum atomic E-state index is -0.451. The second-order valence-corrected chi connectivity index (χ2v) is 10.4. The zero-order valence-corrected chi connectivity index (χ0v) is 21.0. The monoisotopic (exact) mass is 489 g/mol. The average molecular weight is 490 g/mol. The van der Waals surface area contributed by atoms with E-state index < -0.39 is 5.41 Å². The van der Waals surface area contributed by atoms with E-state index in [4.69, 9.17) is 0 Å². The van der Waals surface area contributed by atoms with Crippen molar-refractivity contribution < 1.29 is 14.0 Å². The van der Waals surface area contributed by atoms with Gasteiger partial charge in [-0.1, -0.05) is 48.2 Å². The molecule has 4 rings (SSSR count). The quantitative estimate of drug-likeness (QED) is 0.228. The summed E-state index contributed by atoms with van der Waals surface area (Å²) in [6, 6.07) is 24.4. The lowest BCUT2D eigenvalue weighted by atomic mass is 9.70. The molecule has 35 heavy (non-hydrogen) atoms. The first-order chi connectivity index (χ1) is 17.0. The van der Waals surface area contributed by atoms with Crippen molar-refractivity contribution in [2.45, 2.75) is 54.2 Å². The number of rotatable bonds is 10. The summed E-state index contributed by atoms with van der Waals surface area (Å²) in [6.45, 7) is 4.40. The van der Waals surface area contributed by atoms with Crippen LogP contribution in [0.4, 0.5) is 4.39 Å². The van der Waals surface area contributed by atoms with Gasteiger partial charge in [-0.25, -0.2) is 4.39 Å². The fourth-order valence-electron chi connectivity index (χ4n) is 4.94. The van der Waals surface area contributed by atoms with E-state index in [0.29, 0.717) is 12.0 Å². The van der Waals surface area contributed by atoms with Crippen molar-refractivity contribution in [2.24, 2.45) is 0 Å². The van der Waals surface area contributed by atoms with Crippen molar-refractivity contribution in [3.8, 4) is 0 Å². The van der Waals surface area contributed by atoms with E-state index in [9.17, 15) is 14.0 Å². The van der Waals surface area contributed by atoms with Crippen molar-refractivity contribution >= 4 is 23.3 Å². The lowest BCUT2D eigenvalue weighted by Crippen LogP contribution is -2.47. The van der Waals surface area contributed by atoms with Gasteiger partial charge in [0.25, 0.3) is 0 Å². The Bertz CT molecular complexity index is 1140. The maximum atomic E-state index is 13.1. The third kappa shape index (κ3) is 6.28. The molecule has 0 amide bonds. The smallest absolute Gasteiger partial charge is 0.162 e. The number of benzene rings is 3. The molecule has 3 aromatic carbocycles. The summed E-state index contributed by atoms with van der Waals surface area (Å²) >= 11 is 1.72. The van der Waals surface area contributed by atoms with Gasteiger partial charge in [-0.3, -0.25) is 9.59 Å². The minimum Gasteiger partial charge on any atom is -0.303 e. The van der Waals surface area contributed by atoms with Crippen LogP contribution in [0, 0.1) is 5.82 Å². The SMILES string of the molecule is CC(=O)C1(c2ccccc2Sc2ccccc2)CCN(CCCCC(=O)c2ccc(F)cc2)CC1. The topological polar surface area (TPSA) is 37.4 Å². The van der Waals surface area contributed by atoms with E-state index in [2.05, 4.69) is 29.2 Å². The molecule has 0 radical (unpaired) electrons. The molecule has 1 aliphatic rings. The minimum absolute atomic E-state index is 0.0618. The predicted octanol–water partition coefficient (Wildman–Crippen LogP) is 6.95. The summed E-state index contributed by atoms with van der Waals surface area (Å²) in [4.78, 5) is 30.1. The first-order valence-corrected chi connectivity index (χ1v) is 13.1. The van der Waals surface area contributed by atoms with Crippen LogP contribution in [-0.2, 0) is 10.2 Å². The van der Waals surface area contributed by atoms with Crippen LogP contribution in [-0.4, -0.2) is 36.1 Å². The third-order valence-electron chi connectivity index (χ3n) is 7.05. The molecule has 3 nitrogen and oxygen atoms in total. The Morgan fingerprint density at radius 2 is 1.54 bits per heavy atom. The maximum absolute atomic E-state index is 13.1. The Hall–Kier alpha value is -2.76. The molecule has 0 aromatic heterocycles. The number of ketones is 2. The second-order valence-electron chi connectivity index (χ2n) is 9.28. The van der Waals surface area contributed by atoms with Crippen LogP contribution in [0.25, 0.3) is 0 Å². The highest BCUT2D eigenvalue weighted by molar-refractivity contribution is 7.99. The highest BCUT2D eigenvalue weighted by Gasteiger charge is 2.41. The van der Waals surface area contributed by atoms with E-state index in [0.717, 1.165) is 55.8 Å². The van der Waals surface area contributed by atoms with E-state index in [1.54, 1.807) is 30.8 Å². The van der Waals surface area contributed by atoms with E-state index in [1.165, 1.54) is 17.0 Å². The van der Waals surface area contributed by atoms with Crippen LogP contribution in [0.15, 0.2) is 88.7 Å². The summed E-state index contributed by atoms with van der Waals surface area (Å²) < 4.78 is 13.1. The zero-order valence-electron chi connectivity index (χ0n) is 20.2. The van der Waals surface area contributed by atoms with Crippen molar-refractivity contribution in [1.82, 2.24) is 4.90 Å². The molecular weight excluding hydrogens is 457 g/mol. The number of carbonyl (C=O) groups is 2. The molecule has 3 aromatic rings. The number of unbranched alkanes of at least 4 members (excludes halogenated alkanes) is 1. The highest BCUT2D eigenvalue weighted by Crippen LogP contribution is 2.43. The van der Waals surface area contributed by atoms with Gasteiger partial charge in [0.1, 0.15) is 11.6 Å². The van der Waals surface area contributed by atoms with Crippen molar-refractivity contribution in [1.29, 1.82) is 0 Å². The molecule has 1 heterocycles. The van der Waals surface area contributed by atoms with Crippen LogP contribution in [0.3, 0.4) is 0 Å². The number of likely N-dealkylation sites (tertiary alicyclic amines) is 1. The van der Waals surface area contributed by atoms with Crippen LogP contribution in [0.1, 0.15) is 54.9 Å². The molecule has 0 N–H and O–H groups in total. The molecule has 0 aliphatic carbocycles. The average Bonchev–Trinajstić information content (AvgIpc) is 2.88. The zero-order chi connectivity index (χ0) is 24.7. The molecule has 0 unspecified atom stereocenters.